The minimum atomic E-state index is -0.566. The molecule has 2 aromatic carbocycles. The van der Waals surface area contributed by atoms with Gasteiger partial charge in [0, 0.05) is 24.3 Å². The Balaban J connectivity index is 1.70. The molecule has 0 radical (unpaired) electrons. The van der Waals surface area contributed by atoms with Crippen LogP contribution >= 0.6 is 0 Å². The summed E-state index contributed by atoms with van der Waals surface area (Å²) < 4.78 is 18.4. The van der Waals surface area contributed by atoms with Crippen LogP contribution in [-0.4, -0.2) is 31.4 Å². The second-order valence-electron chi connectivity index (χ2n) is 6.40. The van der Waals surface area contributed by atoms with E-state index in [2.05, 4.69) is 10.1 Å². The molecular weight excluding hydrogens is 351 g/mol. The summed E-state index contributed by atoms with van der Waals surface area (Å²) in [7, 11) is 1.28. The van der Waals surface area contributed by atoms with Crippen LogP contribution in [0, 0.1) is 18.7 Å². The van der Waals surface area contributed by atoms with Crippen molar-refractivity contribution in [3.8, 4) is 0 Å². The highest BCUT2D eigenvalue weighted by Crippen LogP contribution is 2.27. The van der Waals surface area contributed by atoms with E-state index in [0.717, 1.165) is 0 Å². The van der Waals surface area contributed by atoms with E-state index >= 15 is 0 Å². The predicted molar refractivity (Wildman–Crippen MR) is 98.0 cm³/mol. The average Bonchev–Trinajstić information content (AvgIpc) is 3.05. The summed E-state index contributed by atoms with van der Waals surface area (Å²) in [5.74, 6) is -2.03. The zero-order chi connectivity index (χ0) is 19.6. The normalized spacial score (nSPS) is 16.3. The van der Waals surface area contributed by atoms with E-state index in [1.54, 1.807) is 37.3 Å². The van der Waals surface area contributed by atoms with Crippen LogP contribution in [0.5, 0.6) is 0 Å². The largest absolute Gasteiger partial charge is 0.465 e. The fourth-order valence-electron chi connectivity index (χ4n) is 2.97. The summed E-state index contributed by atoms with van der Waals surface area (Å²) in [5.41, 5.74) is 1.68. The monoisotopic (exact) mass is 370 g/mol. The summed E-state index contributed by atoms with van der Waals surface area (Å²) in [4.78, 5) is 37.8. The van der Waals surface area contributed by atoms with Gasteiger partial charge in [0.15, 0.2) is 0 Å². The maximum absolute atomic E-state index is 13.8. The Morgan fingerprint density at radius 2 is 2.00 bits per heavy atom. The molecule has 0 saturated carbocycles. The van der Waals surface area contributed by atoms with Gasteiger partial charge >= 0.3 is 5.97 Å². The molecule has 7 heteroatoms. The standard InChI is InChI=1S/C20H19FN2O4/c1-12-6-7-16(10-17(12)21)23-11-14(9-18(23)24)19(25)22-15-5-3-4-13(8-15)20(26)27-2/h3-8,10,14H,9,11H2,1-2H3,(H,22,25). The molecule has 1 aliphatic rings. The van der Waals surface area contributed by atoms with Gasteiger partial charge in [0.05, 0.1) is 18.6 Å². The van der Waals surface area contributed by atoms with E-state index in [1.807, 2.05) is 0 Å². The van der Waals surface area contributed by atoms with Crippen LogP contribution in [0.25, 0.3) is 0 Å². The minimum absolute atomic E-state index is 0.0397. The average molecular weight is 370 g/mol. The second kappa shape index (κ2) is 7.57. The van der Waals surface area contributed by atoms with Crippen LogP contribution in [0.15, 0.2) is 42.5 Å². The summed E-state index contributed by atoms with van der Waals surface area (Å²) in [6.45, 7) is 1.81. The van der Waals surface area contributed by atoms with Crippen LogP contribution in [-0.2, 0) is 14.3 Å². The van der Waals surface area contributed by atoms with Gasteiger partial charge in [-0.25, -0.2) is 9.18 Å². The van der Waals surface area contributed by atoms with Gasteiger partial charge in [0.1, 0.15) is 5.82 Å². The van der Waals surface area contributed by atoms with E-state index in [0.29, 0.717) is 22.5 Å². The lowest BCUT2D eigenvalue weighted by molar-refractivity contribution is -0.122. The van der Waals surface area contributed by atoms with Crippen LogP contribution in [0.3, 0.4) is 0 Å². The van der Waals surface area contributed by atoms with Crippen LogP contribution < -0.4 is 10.2 Å². The first-order chi connectivity index (χ1) is 12.9. The predicted octanol–water partition coefficient (Wildman–Crippen LogP) is 2.91. The molecule has 3 rings (SSSR count). The maximum atomic E-state index is 13.8. The second-order valence-corrected chi connectivity index (χ2v) is 6.40. The first-order valence-electron chi connectivity index (χ1n) is 8.45. The summed E-state index contributed by atoms with van der Waals surface area (Å²) in [5, 5.41) is 2.72. The van der Waals surface area contributed by atoms with Gasteiger partial charge in [0.25, 0.3) is 0 Å². The molecule has 0 bridgehead atoms. The summed E-state index contributed by atoms with van der Waals surface area (Å²) in [6, 6.07) is 10.9. The Morgan fingerprint density at radius 1 is 1.22 bits per heavy atom. The van der Waals surface area contributed by atoms with Gasteiger partial charge in [-0.3, -0.25) is 9.59 Å². The number of amides is 2. The number of carbonyl (C=O) groups excluding carboxylic acids is 3. The van der Waals surface area contributed by atoms with E-state index in [1.165, 1.54) is 24.1 Å². The molecular formula is C20H19FN2O4. The fraction of sp³-hybridized carbons (Fsp3) is 0.250. The number of esters is 1. The highest BCUT2D eigenvalue weighted by atomic mass is 19.1. The van der Waals surface area contributed by atoms with Crippen molar-refractivity contribution in [2.24, 2.45) is 5.92 Å². The molecule has 0 aromatic heterocycles. The van der Waals surface area contributed by atoms with Gasteiger partial charge in [-0.15, -0.1) is 0 Å². The van der Waals surface area contributed by atoms with E-state index in [4.69, 9.17) is 0 Å². The van der Waals surface area contributed by atoms with Gasteiger partial charge < -0.3 is 15.0 Å². The minimum Gasteiger partial charge on any atom is -0.465 e. The first kappa shape index (κ1) is 18.6. The van der Waals surface area contributed by atoms with Gasteiger partial charge in [-0.2, -0.15) is 0 Å². The summed E-state index contributed by atoms with van der Waals surface area (Å²) >= 11 is 0. The Hall–Kier alpha value is -3.22. The van der Waals surface area contributed by atoms with E-state index in [-0.39, 0.29) is 24.8 Å². The molecule has 1 unspecified atom stereocenters. The zero-order valence-corrected chi connectivity index (χ0v) is 15.0. The topological polar surface area (TPSA) is 75.7 Å². The number of aryl methyl sites for hydroxylation is 1. The molecule has 1 aliphatic heterocycles. The van der Waals surface area contributed by atoms with Gasteiger partial charge in [-0.1, -0.05) is 12.1 Å². The molecule has 2 amide bonds. The number of anilines is 2. The Kier molecular flexibility index (Phi) is 5.21. The highest BCUT2D eigenvalue weighted by molar-refractivity contribution is 6.03. The third-order valence-electron chi connectivity index (χ3n) is 4.51. The lowest BCUT2D eigenvalue weighted by Gasteiger charge is -2.17. The highest BCUT2D eigenvalue weighted by Gasteiger charge is 2.35. The van der Waals surface area contributed by atoms with Crippen LogP contribution in [0.1, 0.15) is 22.3 Å². The van der Waals surface area contributed by atoms with Crippen LogP contribution in [0.4, 0.5) is 15.8 Å². The molecule has 140 valence electrons. The number of nitrogens with zero attached hydrogens (tertiary/aromatic N) is 1. The molecule has 0 aliphatic carbocycles. The van der Waals surface area contributed by atoms with Gasteiger partial charge in [-0.05, 0) is 42.8 Å². The van der Waals surface area contributed by atoms with Crippen molar-refractivity contribution in [2.75, 3.05) is 23.9 Å². The van der Waals surface area contributed by atoms with Crippen molar-refractivity contribution in [1.82, 2.24) is 0 Å². The van der Waals surface area contributed by atoms with Crippen molar-refractivity contribution in [3.05, 3.63) is 59.4 Å². The molecule has 1 atom stereocenters. The quantitative estimate of drug-likeness (QED) is 0.840. The number of carbonyl (C=O) groups is 3. The first-order valence-corrected chi connectivity index (χ1v) is 8.45. The zero-order valence-electron chi connectivity index (χ0n) is 15.0. The van der Waals surface area contributed by atoms with Crippen molar-refractivity contribution < 1.29 is 23.5 Å². The molecule has 1 heterocycles. The number of hydrogen-bond acceptors (Lipinski definition) is 4. The van der Waals surface area contributed by atoms with Crippen molar-refractivity contribution in [3.63, 3.8) is 0 Å². The lowest BCUT2D eigenvalue weighted by Crippen LogP contribution is -2.28. The Bertz CT molecular complexity index is 913. The maximum Gasteiger partial charge on any atom is 0.337 e. The number of benzene rings is 2. The van der Waals surface area contributed by atoms with E-state index < -0.39 is 17.7 Å². The third kappa shape index (κ3) is 3.97. The molecule has 1 fully saturated rings. The van der Waals surface area contributed by atoms with Crippen molar-refractivity contribution in [2.45, 2.75) is 13.3 Å². The summed E-state index contributed by atoms with van der Waals surface area (Å²) in [6.07, 6.45) is 0.0397. The molecule has 6 nitrogen and oxygen atoms in total. The number of ether oxygens (including phenoxy) is 1. The lowest BCUT2D eigenvalue weighted by atomic mass is 10.1. The number of halogens is 1. The smallest absolute Gasteiger partial charge is 0.337 e. The molecule has 1 saturated heterocycles. The van der Waals surface area contributed by atoms with Crippen LogP contribution in [0.2, 0.25) is 0 Å². The number of methoxy groups -OCH3 is 1. The third-order valence-corrected chi connectivity index (χ3v) is 4.51. The fourth-order valence-corrected chi connectivity index (χ4v) is 2.97. The number of hydrogen-bond donors (Lipinski definition) is 1. The van der Waals surface area contributed by atoms with Crippen molar-refractivity contribution in [1.29, 1.82) is 0 Å². The molecule has 27 heavy (non-hydrogen) atoms. The molecule has 1 N–H and O–H groups in total. The number of rotatable bonds is 4. The Morgan fingerprint density at radius 3 is 2.70 bits per heavy atom. The van der Waals surface area contributed by atoms with Crippen molar-refractivity contribution >= 4 is 29.2 Å². The molecule has 2 aromatic rings. The van der Waals surface area contributed by atoms with E-state index in [9.17, 15) is 18.8 Å². The number of nitrogens with one attached hydrogen (secondary N) is 1. The SMILES string of the molecule is COC(=O)c1cccc(NC(=O)C2CC(=O)N(c3ccc(C)c(F)c3)C2)c1. The Labute approximate surface area is 155 Å². The molecule has 0 spiro atoms. The van der Waals surface area contributed by atoms with Gasteiger partial charge in [0.2, 0.25) is 11.8 Å².